The number of anilines is 1. The zero-order chi connectivity index (χ0) is 16.5. The predicted octanol–water partition coefficient (Wildman–Crippen LogP) is 2.84. The molecule has 2 N–H and O–H groups in total. The zero-order valence-electron chi connectivity index (χ0n) is 11.7. The first-order valence-electron chi connectivity index (χ1n) is 6.13. The van der Waals surface area contributed by atoms with Crippen molar-refractivity contribution in [1.29, 1.82) is 0 Å². The van der Waals surface area contributed by atoms with E-state index in [9.17, 15) is 18.0 Å². The highest BCUT2D eigenvalue weighted by Crippen LogP contribution is 2.37. The molecule has 0 saturated carbocycles. The Morgan fingerprint density at radius 2 is 2.00 bits per heavy atom. The van der Waals surface area contributed by atoms with Gasteiger partial charge in [0.2, 0.25) is 0 Å². The minimum absolute atomic E-state index is 0.128. The maximum Gasteiger partial charge on any atom is 0.418 e. The molecule has 2 aromatic heterocycles. The Morgan fingerprint density at radius 3 is 2.50 bits per heavy atom. The third-order valence-electron chi connectivity index (χ3n) is 2.92. The number of halogens is 3. The van der Waals surface area contributed by atoms with Crippen molar-refractivity contribution in [2.75, 3.05) is 12.8 Å². The number of esters is 1. The molecule has 22 heavy (non-hydrogen) atoms. The molecule has 0 unspecified atom stereocenters. The van der Waals surface area contributed by atoms with E-state index in [0.717, 1.165) is 7.11 Å². The lowest BCUT2D eigenvalue weighted by atomic mass is 10.0. The van der Waals surface area contributed by atoms with Gasteiger partial charge in [-0.25, -0.2) is 9.78 Å². The summed E-state index contributed by atoms with van der Waals surface area (Å²) >= 11 is 0. The Labute approximate surface area is 123 Å². The van der Waals surface area contributed by atoms with Gasteiger partial charge < -0.3 is 10.5 Å². The standard InChI is InChI=1S/C14H12F3N3O2/c1-7-3-4-8(6-19-7)11-9(14(15,16)17)5-10(18)12(20-11)13(21)22-2/h3-6H,18H2,1-2H3. The second kappa shape index (κ2) is 5.63. The van der Waals surface area contributed by atoms with Crippen LogP contribution in [0.25, 0.3) is 11.3 Å². The molecule has 0 atom stereocenters. The van der Waals surface area contributed by atoms with Crippen LogP contribution in [0.15, 0.2) is 24.4 Å². The normalized spacial score (nSPS) is 11.3. The van der Waals surface area contributed by atoms with Gasteiger partial charge in [-0.15, -0.1) is 0 Å². The summed E-state index contributed by atoms with van der Waals surface area (Å²) in [6.45, 7) is 1.70. The number of nitrogen functional groups attached to an aromatic ring is 1. The number of carbonyl (C=O) groups excluding carboxylic acids is 1. The minimum Gasteiger partial charge on any atom is -0.464 e. The number of alkyl halides is 3. The predicted molar refractivity (Wildman–Crippen MR) is 73.0 cm³/mol. The van der Waals surface area contributed by atoms with Gasteiger partial charge in [0, 0.05) is 17.5 Å². The number of hydrogen-bond acceptors (Lipinski definition) is 5. The number of aryl methyl sites for hydroxylation is 1. The van der Waals surface area contributed by atoms with E-state index < -0.39 is 29.1 Å². The molecule has 5 nitrogen and oxygen atoms in total. The van der Waals surface area contributed by atoms with Crippen molar-refractivity contribution in [3.8, 4) is 11.3 Å². The first-order chi connectivity index (χ1) is 10.2. The van der Waals surface area contributed by atoms with Crippen molar-refractivity contribution in [2.24, 2.45) is 0 Å². The second-order valence-corrected chi connectivity index (χ2v) is 4.50. The molecule has 0 bridgehead atoms. The Morgan fingerprint density at radius 1 is 1.32 bits per heavy atom. The van der Waals surface area contributed by atoms with Crippen molar-refractivity contribution in [3.05, 3.63) is 41.3 Å². The van der Waals surface area contributed by atoms with E-state index in [0.29, 0.717) is 11.8 Å². The fraction of sp³-hybridized carbons (Fsp3) is 0.214. The molecule has 2 aromatic rings. The summed E-state index contributed by atoms with van der Waals surface area (Å²) in [5, 5.41) is 0. The summed E-state index contributed by atoms with van der Waals surface area (Å²) in [7, 11) is 1.09. The highest BCUT2D eigenvalue weighted by atomic mass is 19.4. The topological polar surface area (TPSA) is 78.1 Å². The average molecular weight is 311 g/mol. The van der Waals surface area contributed by atoms with Crippen LogP contribution >= 0.6 is 0 Å². The molecule has 0 saturated heterocycles. The molecular formula is C14H12F3N3O2. The molecule has 2 heterocycles. The molecule has 0 spiro atoms. The lowest BCUT2D eigenvalue weighted by Crippen LogP contribution is -2.15. The SMILES string of the molecule is COC(=O)c1nc(-c2ccc(C)nc2)c(C(F)(F)F)cc1N. The maximum absolute atomic E-state index is 13.2. The van der Waals surface area contributed by atoms with Crippen LogP contribution < -0.4 is 5.73 Å². The number of rotatable bonds is 2. The molecule has 0 fully saturated rings. The summed E-state index contributed by atoms with van der Waals surface area (Å²) < 4.78 is 44.0. The minimum atomic E-state index is -4.67. The van der Waals surface area contributed by atoms with Crippen molar-refractivity contribution in [2.45, 2.75) is 13.1 Å². The third kappa shape index (κ3) is 3.00. The quantitative estimate of drug-likeness (QED) is 0.863. The number of hydrogen-bond donors (Lipinski definition) is 1. The molecule has 0 radical (unpaired) electrons. The molecule has 8 heteroatoms. The second-order valence-electron chi connectivity index (χ2n) is 4.50. The highest BCUT2D eigenvalue weighted by Gasteiger charge is 2.36. The average Bonchev–Trinajstić information content (AvgIpc) is 2.46. The lowest BCUT2D eigenvalue weighted by molar-refractivity contribution is -0.137. The number of pyridine rings is 2. The van der Waals surface area contributed by atoms with E-state index in [1.165, 1.54) is 12.3 Å². The van der Waals surface area contributed by atoms with E-state index in [1.807, 2.05) is 0 Å². The molecule has 0 aliphatic carbocycles. The smallest absolute Gasteiger partial charge is 0.418 e. The van der Waals surface area contributed by atoms with Crippen molar-refractivity contribution in [1.82, 2.24) is 9.97 Å². The van der Waals surface area contributed by atoms with Crippen molar-refractivity contribution >= 4 is 11.7 Å². The molecule has 116 valence electrons. The number of nitrogens with two attached hydrogens (primary N) is 1. The van der Waals surface area contributed by atoms with Gasteiger partial charge in [0.1, 0.15) is 0 Å². The van der Waals surface area contributed by atoms with Gasteiger partial charge in [0.05, 0.1) is 24.1 Å². The van der Waals surface area contributed by atoms with Crippen LogP contribution in [0, 0.1) is 6.92 Å². The summed E-state index contributed by atoms with van der Waals surface area (Å²) in [6, 6.07) is 3.66. The summed E-state index contributed by atoms with van der Waals surface area (Å²) in [6.07, 6.45) is -3.42. The summed E-state index contributed by atoms with van der Waals surface area (Å²) in [5.41, 5.74) is 4.02. The van der Waals surface area contributed by atoms with Crippen LogP contribution in [0.4, 0.5) is 18.9 Å². The van der Waals surface area contributed by atoms with Crippen LogP contribution in [0.3, 0.4) is 0 Å². The van der Waals surface area contributed by atoms with Crippen LogP contribution in [0.5, 0.6) is 0 Å². The molecule has 0 aromatic carbocycles. The Balaban J connectivity index is 2.72. The van der Waals surface area contributed by atoms with Gasteiger partial charge in [0.25, 0.3) is 0 Å². The zero-order valence-corrected chi connectivity index (χ0v) is 11.7. The monoisotopic (exact) mass is 311 g/mol. The van der Waals surface area contributed by atoms with Crippen LogP contribution in [-0.4, -0.2) is 23.0 Å². The fourth-order valence-corrected chi connectivity index (χ4v) is 1.83. The van der Waals surface area contributed by atoms with Crippen LogP contribution in [0.1, 0.15) is 21.7 Å². The van der Waals surface area contributed by atoms with Crippen LogP contribution in [-0.2, 0) is 10.9 Å². The number of carbonyl (C=O) groups is 1. The Kier molecular flexibility index (Phi) is 4.03. The van der Waals surface area contributed by atoms with Gasteiger partial charge in [0.15, 0.2) is 5.69 Å². The van der Waals surface area contributed by atoms with Gasteiger partial charge in [-0.05, 0) is 25.1 Å². The Bertz CT molecular complexity index is 713. The molecule has 0 aliphatic heterocycles. The number of nitrogens with zero attached hydrogens (tertiary/aromatic N) is 2. The van der Waals surface area contributed by atoms with E-state index in [1.54, 1.807) is 13.0 Å². The first kappa shape index (κ1) is 15.7. The van der Waals surface area contributed by atoms with Gasteiger partial charge >= 0.3 is 12.1 Å². The largest absolute Gasteiger partial charge is 0.464 e. The Hall–Kier alpha value is -2.64. The number of methoxy groups -OCH3 is 1. The molecule has 2 rings (SSSR count). The van der Waals surface area contributed by atoms with E-state index in [4.69, 9.17) is 5.73 Å². The lowest BCUT2D eigenvalue weighted by Gasteiger charge is -2.15. The maximum atomic E-state index is 13.2. The van der Waals surface area contributed by atoms with E-state index in [-0.39, 0.29) is 11.3 Å². The van der Waals surface area contributed by atoms with E-state index in [2.05, 4.69) is 14.7 Å². The molecular weight excluding hydrogens is 299 g/mol. The third-order valence-corrected chi connectivity index (χ3v) is 2.92. The van der Waals surface area contributed by atoms with Gasteiger partial charge in [-0.1, -0.05) is 0 Å². The molecule has 0 amide bonds. The van der Waals surface area contributed by atoms with Gasteiger partial charge in [-0.2, -0.15) is 13.2 Å². The van der Waals surface area contributed by atoms with E-state index >= 15 is 0 Å². The van der Waals surface area contributed by atoms with Crippen LogP contribution in [0.2, 0.25) is 0 Å². The highest BCUT2D eigenvalue weighted by molar-refractivity contribution is 5.94. The summed E-state index contributed by atoms with van der Waals surface area (Å²) in [5.74, 6) is -0.910. The van der Waals surface area contributed by atoms with Gasteiger partial charge in [-0.3, -0.25) is 4.98 Å². The molecule has 0 aliphatic rings. The summed E-state index contributed by atoms with van der Waals surface area (Å²) in [4.78, 5) is 19.3. The first-order valence-corrected chi connectivity index (χ1v) is 6.13. The number of ether oxygens (including phenoxy) is 1. The van der Waals surface area contributed by atoms with Crippen molar-refractivity contribution < 1.29 is 22.7 Å². The van der Waals surface area contributed by atoms with Crippen molar-refractivity contribution in [3.63, 3.8) is 0 Å². The fourth-order valence-electron chi connectivity index (χ4n) is 1.83. The number of aromatic nitrogens is 2.